The molecule has 1 aromatic heterocycles. The van der Waals surface area contributed by atoms with E-state index in [1.54, 1.807) is 4.90 Å². The number of hydrogen-bond acceptors (Lipinski definition) is 6. The molecule has 0 aliphatic carbocycles. The van der Waals surface area contributed by atoms with Crippen molar-refractivity contribution in [2.75, 3.05) is 38.0 Å². The first-order chi connectivity index (χ1) is 35.7. The number of benzene rings is 6. The molecule has 2 saturated heterocycles. The lowest BCUT2D eigenvalue weighted by Gasteiger charge is -2.38. The average Bonchev–Trinajstić information content (AvgIpc) is 3.97. The van der Waals surface area contributed by atoms with Crippen LogP contribution in [0.2, 0.25) is 0 Å². The molecule has 2 fully saturated rings. The van der Waals surface area contributed by atoms with Gasteiger partial charge in [0.2, 0.25) is 5.91 Å². The fourth-order valence-electron chi connectivity index (χ4n) is 10.9. The highest BCUT2D eigenvalue weighted by atomic mass is 16.4. The van der Waals surface area contributed by atoms with Gasteiger partial charge >= 0.3 is 17.8 Å². The monoisotopic (exact) mass is 980 g/mol. The third kappa shape index (κ3) is 13.7. The Kier molecular flexibility index (Phi) is 17.1. The summed E-state index contributed by atoms with van der Waals surface area (Å²) in [6.07, 6.45) is 5.37. The van der Waals surface area contributed by atoms with E-state index in [0.717, 1.165) is 107 Å². The molecule has 3 aliphatic heterocycles. The molecule has 13 heteroatoms. The largest absolute Gasteiger partial charge is 0.465 e. The van der Waals surface area contributed by atoms with Crippen molar-refractivity contribution in [2.24, 2.45) is 0 Å². The fourth-order valence-corrected chi connectivity index (χ4v) is 10.9. The minimum absolute atomic E-state index is 0.0195. The van der Waals surface area contributed by atoms with Crippen LogP contribution in [0, 0.1) is 0 Å². The maximum Gasteiger partial charge on any atom is 0.407 e. The zero-order chi connectivity index (χ0) is 50.4. The second-order valence-electron chi connectivity index (χ2n) is 19.7. The zero-order valence-electron chi connectivity index (χ0n) is 41.6. The molecule has 1 unspecified atom stereocenters. The lowest BCUT2D eigenvalue weighted by Crippen LogP contribution is -2.47. The van der Waals surface area contributed by atoms with Crippen molar-refractivity contribution in [3.63, 3.8) is 0 Å². The van der Waals surface area contributed by atoms with Crippen LogP contribution < -0.4 is 16.3 Å². The summed E-state index contributed by atoms with van der Waals surface area (Å²) in [5, 5.41) is 16.7. The van der Waals surface area contributed by atoms with Crippen LogP contribution in [0.1, 0.15) is 91.1 Å². The van der Waals surface area contributed by atoms with Gasteiger partial charge in [0.1, 0.15) is 0 Å². The Morgan fingerprint density at radius 3 is 1.73 bits per heavy atom. The number of urea groups is 1. The topological polar surface area (TPSA) is 148 Å². The molecular weight excluding hydrogens is 913 g/mol. The van der Waals surface area contributed by atoms with Gasteiger partial charge < -0.3 is 25.2 Å². The van der Waals surface area contributed by atoms with Gasteiger partial charge in [0, 0.05) is 64.3 Å². The SMILES string of the molecule is O=C(O)N1CCC(n2c(=O)[nH]c3ccccc32)C[C@@H]1CCCN(Cc1ccccc1)Cc1ccccc1.O=C1[N]c2cc(C3CCN(C(=O)CCCN(Cc4ccccc4)Cc4ccccc4)CC3)ccc2N1. The van der Waals surface area contributed by atoms with E-state index in [-0.39, 0.29) is 29.7 Å². The number of carboxylic acid groups (broad SMARTS) is 1. The number of nitrogens with zero attached hydrogens (tertiary/aromatic N) is 6. The van der Waals surface area contributed by atoms with E-state index < -0.39 is 6.09 Å². The van der Waals surface area contributed by atoms with Crippen molar-refractivity contribution in [1.29, 1.82) is 0 Å². The molecule has 0 spiro atoms. The number of carbonyl (C=O) groups is 3. The first kappa shape index (κ1) is 50.5. The molecule has 7 aromatic rings. The first-order valence-corrected chi connectivity index (χ1v) is 26.0. The highest BCUT2D eigenvalue weighted by Crippen LogP contribution is 2.35. The summed E-state index contributed by atoms with van der Waals surface area (Å²) in [6.45, 7) is 7.20. The second kappa shape index (κ2) is 24.8. The molecular formula is C60H67N8O5. The number of anilines is 1. The molecule has 10 rings (SSSR count). The fraction of sp³-hybridized carbons (Fsp3) is 0.333. The van der Waals surface area contributed by atoms with Crippen molar-refractivity contribution in [3.05, 3.63) is 202 Å². The number of H-pyrrole nitrogens is 1. The van der Waals surface area contributed by atoms with Crippen molar-refractivity contribution in [1.82, 2.24) is 34.5 Å². The number of likely N-dealkylation sites (tertiary alicyclic amines) is 2. The van der Waals surface area contributed by atoms with E-state index in [2.05, 4.69) is 129 Å². The van der Waals surface area contributed by atoms with E-state index in [0.29, 0.717) is 31.7 Å². The minimum Gasteiger partial charge on any atom is -0.465 e. The van der Waals surface area contributed by atoms with Gasteiger partial charge in [0.05, 0.1) is 22.4 Å². The van der Waals surface area contributed by atoms with Crippen LogP contribution in [0.5, 0.6) is 0 Å². The highest BCUT2D eigenvalue weighted by Gasteiger charge is 2.34. The van der Waals surface area contributed by atoms with E-state index in [9.17, 15) is 24.3 Å². The number of carbonyl (C=O) groups excluding carboxylic acids is 2. The Balaban J connectivity index is 0.000000180. The maximum absolute atomic E-state index is 13.0. The van der Waals surface area contributed by atoms with Gasteiger partial charge in [-0.3, -0.25) is 19.2 Å². The number of aromatic nitrogens is 2. The molecule has 1 radical (unpaired) electrons. The predicted molar refractivity (Wildman–Crippen MR) is 288 cm³/mol. The van der Waals surface area contributed by atoms with Crippen LogP contribution in [-0.4, -0.2) is 91.1 Å². The molecule has 6 aromatic carbocycles. The van der Waals surface area contributed by atoms with Gasteiger partial charge in [0.15, 0.2) is 0 Å². The number of para-hydroxylation sites is 2. The number of nitrogens with one attached hydrogen (secondary N) is 2. The summed E-state index contributed by atoms with van der Waals surface area (Å²) < 4.78 is 1.83. The van der Waals surface area contributed by atoms with Crippen LogP contribution in [0.4, 0.5) is 21.0 Å². The number of aromatic amines is 1. The number of rotatable bonds is 18. The van der Waals surface area contributed by atoms with Gasteiger partial charge in [-0.1, -0.05) is 140 Å². The Morgan fingerprint density at radius 2 is 1.16 bits per heavy atom. The molecule has 3 aliphatic rings. The van der Waals surface area contributed by atoms with E-state index in [4.69, 9.17) is 0 Å². The summed E-state index contributed by atoms with van der Waals surface area (Å²) in [7, 11) is 0. The maximum atomic E-state index is 13.0. The van der Waals surface area contributed by atoms with Crippen molar-refractivity contribution < 1.29 is 19.5 Å². The molecule has 73 heavy (non-hydrogen) atoms. The number of amides is 4. The Labute approximate surface area is 428 Å². The molecule has 4 amide bonds. The van der Waals surface area contributed by atoms with Crippen molar-refractivity contribution in [3.8, 4) is 0 Å². The molecule has 0 bridgehead atoms. The third-order valence-electron chi connectivity index (χ3n) is 14.6. The Morgan fingerprint density at radius 1 is 0.630 bits per heavy atom. The normalized spacial score (nSPS) is 16.7. The Bertz CT molecular complexity index is 2860. The smallest absolute Gasteiger partial charge is 0.407 e. The molecule has 3 N–H and O–H groups in total. The highest BCUT2D eigenvalue weighted by molar-refractivity contribution is 6.02. The number of fused-ring (bicyclic) bond motifs is 2. The van der Waals surface area contributed by atoms with Crippen LogP contribution in [0.3, 0.4) is 0 Å². The first-order valence-electron chi connectivity index (χ1n) is 26.0. The summed E-state index contributed by atoms with van der Waals surface area (Å²) >= 11 is 0. The standard InChI is InChI=1S/C30H34N4O3.C30H33N4O2/c35-29-31-27-15-7-8-16-28(27)34(29)26-17-19-33(30(36)37)25(20-26)14-9-18-32(21-23-10-3-1-4-11-23)22-24-12-5-2-6-13-24;35-29(34-18-15-25(16-19-34)26-13-14-27-28(20-26)32-30(36)31-27)12-7-17-33(21-23-8-3-1-4-9-23)22-24-10-5-2-6-11-24/h1-8,10-13,15-16,25-26H,9,14,17-22H2,(H,31,35)(H,36,37);1-6,8-11,13-14,20,25H,7,12,15-19,21-22H2,(H,31,36)/t25-,26?;/m0./s1. The van der Waals surface area contributed by atoms with Crippen LogP contribution >= 0.6 is 0 Å². The molecule has 13 nitrogen and oxygen atoms in total. The summed E-state index contributed by atoms with van der Waals surface area (Å²) in [4.78, 5) is 60.7. The van der Waals surface area contributed by atoms with Crippen LogP contribution in [0.25, 0.3) is 11.0 Å². The zero-order valence-corrected chi connectivity index (χ0v) is 41.6. The van der Waals surface area contributed by atoms with Gasteiger partial charge in [-0.05, 0) is 116 Å². The van der Waals surface area contributed by atoms with Crippen LogP contribution in [0.15, 0.2) is 169 Å². The van der Waals surface area contributed by atoms with E-state index >= 15 is 0 Å². The van der Waals surface area contributed by atoms with Gasteiger partial charge in [-0.2, -0.15) is 5.32 Å². The van der Waals surface area contributed by atoms with Crippen molar-refractivity contribution >= 4 is 40.4 Å². The Hall–Kier alpha value is -7.48. The van der Waals surface area contributed by atoms with E-state index in [1.165, 1.54) is 27.8 Å². The average molecular weight is 980 g/mol. The van der Waals surface area contributed by atoms with Gasteiger partial charge in [0.25, 0.3) is 0 Å². The number of piperidine rings is 2. The minimum atomic E-state index is -0.875. The summed E-state index contributed by atoms with van der Waals surface area (Å²) in [5.41, 5.74) is 9.42. The summed E-state index contributed by atoms with van der Waals surface area (Å²) in [5.74, 6) is 0.657. The van der Waals surface area contributed by atoms with Crippen LogP contribution in [-0.2, 0) is 31.0 Å². The molecule has 377 valence electrons. The second-order valence-corrected chi connectivity index (χ2v) is 19.7. The number of hydrogen-bond donors (Lipinski definition) is 3. The number of imidazole rings is 1. The predicted octanol–water partition coefficient (Wildman–Crippen LogP) is 11.2. The lowest BCUT2D eigenvalue weighted by atomic mass is 9.89. The summed E-state index contributed by atoms with van der Waals surface area (Å²) in [6, 6.07) is 55.3. The van der Waals surface area contributed by atoms with Crippen molar-refractivity contribution in [2.45, 2.75) is 95.5 Å². The van der Waals surface area contributed by atoms with Gasteiger partial charge in [-0.25, -0.2) is 14.4 Å². The van der Waals surface area contributed by atoms with E-state index in [1.807, 2.05) is 70.1 Å². The third-order valence-corrected chi connectivity index (χ3v) is 14.6. The quantitative estimate of drug-likeness (QED) is 0.0775. The molecule has 2 atom stereocenters. The lowest BCUT2D eigenvalue weighted by molar-refractivity contribution is -0.132. The van der Waals surface area contributed by atoms with Gasteiger partial charge in [-0.15, -0.1) is 0 Å². The molecule has 4 heterocycles. The molecule has 0 saturated carbocycles.